The molecule has 1 saturated heterocycles. The number of methoxy groups -OCH3 is 1. The van der Waals surface area contributed by atoms with Gasteiger partial charge in [-0.3, -0.25) is 9.62 Å². The lowest BCUT2D eigenvalue weighted by atomic mass is 10.2. The van der Waals surface area contributed by atoms with Crippen LogP contribution in [0.3, 0.4) is 0 Å². The summed E-state index contributed by atoms with van der Waals surface area (Å²) >= 11 is 0. The normalized spacial score (nSPS) is 16.8. The van der Waals surface area contributed by atoms with E-state index in [0.717, 1.165) is 31.9 Å². The van der Waals surface area contributed by atoms with Crippen LogP contribution in [0.25, 0.3) is 0 Å². The molecule has 1 fully saturated rings. The van der Waals surface area contributed by atoms with Gasteiger partial charge in [0.1, 0.15) is 0 Å². The summed E-state index contributed by atoms with van der Waals surface area (Å²) < 4.78 is 31.1. The molecular weight excluding hydrogens is 314 g/mol. The zero-order valence-corrected chi connectivity index (χ0v) is 15.0. The number of sulfonamides is 1. The molecule has 7 heteroatoms. The van der Waals surface area contributed by atoms with Crippen molar-refractivity contribution >= 4 is 21.4 Å². The third-order valence-electron chi connectivity index (χ3n) is 4.11. The van der Waals surface area contributed by atoms with Crippen molar-refractivity contribution in [1.29, 1.82) is 0 Å². The van der Waals surface area contributed by atoms with Crippen LogP contribution in [0.15, 0.2) is 24.3 Å². The topological polar surface area (TPSA) is 61.9 Å². The zero-order valence-electron chi connectivity index (χ0n) is 14.2. The first-order valence-corrected chi connectivity index (χ1v) is 9.65. The number of rotatable bonds is 7. The molecule has 1 aliphatic heterocycles. The summed E-state index contributed by atoms with van der Waals surface area (Å²) in [5, 5.41) is 0. The Hall–Kier alpha value is -1.31. The minimum atomic E-state index is -3.35. The number of nitrogens with one attached hydrogen (secondary N) is 1. The average Bonchev–Trinajstić information content (AvgIpc) is 2.53. The second-order valence-electron chi connectivity index (χ2n) is 6.08. The number of nitrogens with zero attached hydrogens (tertiary/aromatic N) is 2. The van der Waals surface area contributed by atoms with E-state index < -0.39 is 10.0 Å². The molecule has 23 heavy (non-hydrogen) atoms. The summed E-state index contributed by atoms with van der Waals surface area (Å²) in [6.45, 7) is 8.74. The molecule has 1 aromatic rings. The van der Waals surface area contributed by atoms with Crippen LogP contribution in [0.5, 0.6) is 0 Å². The Labute approximate surface area is 139 Å². The lowest BCUT2D eigenvalue weighted by Crippen LogP contribution is -2.48. The van der Waals surface area contributed by atoms with Gasteiger partial charge in [0.05, 0.1) is 12.4 Å². The minimum Gasteiger partial charge on any atom is -0.384 e. The van der Waals surface area contributed by atoms with Gasteiger partial charge in [0.2, 0.25) is 10.0 Å². The first-order valence-electron chi connectivity index (χ1n) is 8.00. The molecule has 1 heterocycles. The largest absolute Gasteiger partial charge is 0.384 e. The Balaban J connectivity index is 1.92. The van der Waals surface area contributed by atoms with Crippen LogP contribution in [0.1, 0.15) is 13.8 Å². The molecule has 0 bridgehead atoms. The monoisotopic (exact) mass is 341 g/mol. The predicted octanol–water partition coefficient (Wildman–Crippen LogP) is 1.61. The summed E-state index contributed by atoms with van der Waals surface area (Å²) in [4.78, 5) is 4.80. The second kappa shape index (κ2) is 7.99. The SMILES string of the molecule is COCCS(=O)(=O)Nc1ccc(N2CCN(C(C)C)CC2)cc1. The fourth-order valence-corrected chi connectivity index (χ4v) is 3.64. The average molecular weight is 341 g/mol. The van der Waals surface area contributed by atoms with E-state index in [0.29, 0.717) is 11.7 Å². The molecule has 0 aliphatic carbocycles. The van der Waals surface area contributed by atoms with Crippen molar-refractivity contribution in [3.8, 4) is 0 Å². The summed E-state index contributed by atoms with van der Waals surface area (Å²) in [7, 11) is -1.86. The summed E-state index contributed by atoms with van der Waals surface area (Å²) in [5.41, 5.74) is 1.72. The van der Waals surface area contributed by atoms with Gasteiger partial charge in [0.15, 0.2) is 0 Å². The van der Waals surface area contributed by atoms with Crippen LogP contribution in [0, 0.1) is 0 Å². The van der Waals surface area contributed by atoms with E-state index in [1.54, 1.807) is 0 Å². The Bertz CT molecular complexity index is 579. The summed E-state index contributed by atoms with van der Waals surface area (Å²) in [5.74, 6) is -0.0393. The molecule has 0 unspecified atom stereocenters. The number of hydrogen-bond donors (Lipinski definition) is 1. The highest BCUT2D eigenvalue weighted by Gasteiger charge is 2.19. The van der Waals surface area contributed by atoms with E-state index in [1.807, 2.05) is 24.3 Å². The van der Waals surface area contributed by atoms with E-state index in [1.165, 1.54) is 7.11 Å². The molecule has 0 aromatic heterocycles. The Morgan fingerprint density at radius 1 is 1.13 bits per heavy atom. The van der Waals surface area contributed by atoms with Gasteiger partial charge in [-0.25, -0.2) is 8.42 Å². The molecule has 0 spiro atoms. The highest BCUT2D eigenvalue weighted by molar-refractivity contribution is 7.92. The van der Waals surface area contributed by atoms with Crippen molar-refractivity contribution in [2.45, 2.75) is 19.9 Å². The van der Waals surface area contributed by atoms with E-state index in [2.05, 4.69) is 28.4 Å². The zero-order chi connectivity index (χ0) is 16.9. The molecule has 0 atom stereocenters. The van der Waals surface area contributed by atoms with Gasteiger partial charge in [-0.2, -0.15) is 0 Å². The number of benzene rings is 1. The quantitative estimate of drug-likeness (QED) is 0.816. The summed E-state index contributed by atoms with van der Waals surface area (Å²) in [6, 6.07) is 8.16. The predicted molar refractivity (Wildman–Crippen MR) is 94.6 cm³/mol. The molecule has 1 aromatic carbocycles. The van der Waals surface area contributed by atoms with Crippen LogP contribution in [0.2, 0.25) is 0 Å². The van der Waals surface area contributed by atoms with Gasteiger partial charge in [-0.15, -0.1) is 0 Å². The highest BCUT2D eigenvalue weighted by Crippen LogP contribution is 2.20. The van der Waals surface area contributed by atoms with Crippen molar-refractivity contribution < 1.29 is 13.2 Å². The Kier molecular flexibility index (Phi) is 6.26. The maximum atomic E-state index is 11.8. The van der Waals surface area contributed by atoms with E-state index in [9.17, 15) is 8.42 Å². The fraction of sp³-hybridized carbons (Fsp3) is 0.625. The van der Waals surface area contributed by atoms with Crippen molar-refractivity contribution in [2.24, 2.45) is 0 Å². The third-order valence-corrected chi connectivity index (χ3v) is 5.36. The number of hydrogen-bond acceptors (Lipinski definition) is 5. The molecule has 1 N–H and O–H groups in total. The van der Waals surface area contributed by atoms with Crippen molar-refractivity contribution in [3.05, 3.63) is 24.3 Å². The third kappa shape index (κ3) is 5.37. The summed E-state index contributed by atoms with van der Waals surface area (Å²) in [6.07, 6.45) is 0. The second-order valence-corrected chi connectivity index (χ2v) is 7.92. The molecule has 6 nitrogen and oxygen atoms in total. The van der Waals surface area contributed by atoms with Crippen LogP contribution >= 0.6 is 0 Å². The molecule has 0 radical (unpaired) electrons. The molecular formula is C16H27N3O3S. The van der Waals surface area contributed by atoms with Crippen molar-refractivity contribution in [1.82, 2.24) is 4.90 Å². The Morgan fingerprint density at radius 2 is 1.74 bits per heavy atom. The van der Waals surface area contributed by atoms with Crippen LogP contribution < -0.4 is 9.62 Å². The van der Waals surface area contributed by atoms with Crippen molar-refractivity contribution in [3.63, 3.8) is 0 Å². The van der Waals surface area contributed by atoms with Crippen LogP contribution in [-0.4, -0.2) is 65.0 Å². The number of piperazine rings is 1. The van der Waals surface area contributed by atoms with E-state index >= 15 is 0 Å². The van der Waals surface area contributed by atoms with Gasteiger partial charge in [-0.1, -0.05) is 0 Å². The molecule has 0 saturated carbocycles. The lowest BCUT2D eigenvalue weighted by molar-refractivity contribution is 0.209. The Morgan fingerprint density at radius 3 is 2.26 bits per heavy atom. The van der Waals surface area contributed by atoms with E-state index in [4.69, 9.17) is 4.74 Å². The van der Waals surface area contributed by atoms with Crippen LogP contribution in [-0.2, 0) is 14.8 Å². The number of ether oxygens (including phenoxy) is 1. The maximum absolute atomic E-state index is 11.8. The van der Waals surface area contributed by atoms with Gasteiger partial charge in [0.25, 0.3) is 0 Å². The number of anilines is 2. The van der Waals surface area contributed by atoms with E-state index in [-0.39, 0.29) is 12.4 Å². The molecule has 2 rings (SSSR count). The molecule has 0 amide bonds. The van der Waals surface area contributed by atoms with Crippen molar-refractivity contribution in [2.75, 3.05) is 55.3 Å². The fourth-order valence-electron chi connectivity index (χ4n) is 2.66. The molecule has 1 aliphatic rings. The first-order chi connectivity index (χ1) is 10.9. The first kappa shape index (κ1) is 18.0. The molecule has 130 valence electrons. The lowest BCUT2D eigenvalue weighted by Gasteiger charge is -2.38. The maximum Gasteiger partial charge on any atom is 0.234 e. The smallest absolute Gasteiger partial charge is 0.234 e. The van der Waals surface area contributed by atoms with Gasteiger partial charge in [-0.05, 0) is 38.1 Å². The van der Waals surface area contributed by atoms with Gasteiger partial charge in [0, 0.05) is 50.7 Å². The van der Waals surface area contributed by atoms with Crippen LogP contribution in [0.4, 0.5) is 11.4 Å². The minimum absolute atomic E-state index is 0.0393. The highest BCUT2D eigenvalue weighted by atomic mass is 32.2. The standard InChI is InChI=1S/C16H27N3O3S/c1-14(2)18-8-10-19(11-9-18)16-6-4-15(5-7-16)17-23(20,21)13-12-22-3/h4-7,14,17H,8-13H2,1-3H3. The van der Waals surface area contributed by atoms with Gasteiger partial charge >= 0.3 is 0 Å². The van der Waals surface area contributed by atoms with Gasteiger partial charge < -0.3 is 9.64 Å².